The lowest BCUT2D eigenvalue weighted by Gasteiger charge is -2.19. The molecule has 0 spiro atoms. The minimum atomic E-state index is -4.68. The van der Waals surface area contributed by atoms with Crippen LogP contribution in [0.1, 0.15) is 54.7 Å². The van der Waals surface area contributed by atoms with Crippen LogP contribution in [0.25, 0.3) is 0 Å². The fourth-order valence-corrected chi connectivity index (χ4v) is 5.39. The molecule has 2 aromatic rings. The molecule has 1 aliphatic rings. The molecule has 0 aromatic carbocycles. The number of carbonyl (C=O) groups excluding carboxylic acids is 1. The molecule has 3 rings (SSSR count). The third kappa shape index (κ3) is 4.89. The fourth-order valence-electron chi connectivity index (χ4n) is 3.33. The minimum absolute atomic E-state index is 0.00256. The third-order valence-corrected chi connectivity index (χ3v) is 7.88. The van der Waals surface area contributed by atoms with E-state index in [1.165, 1.54) is 20.8 Å². The van der Waals surface area contributed by atoms with Gasteiger partial charge in [-0.2, -0.15) is 13.2 Å². The van der Waals surface area contributed by atoms with E-state index in [-0.39, 0.29) is 32.6 Å². The van der Waals surface area contributed by atoms with E-state index < -0.39 is 33.4 Å². The fraction of sp³-hybridized carbons (Fsp3) is 0.500. The molecule has 0 aliphatic heterocycles. The van der Waals surface area contributed by atoms with Crippen LogP contribution < -0.4 is 10.5 Å². The molecule has 0 bridgehead atoms. The number of urea groups is 1. The van der Waals surface area contributed by atoms with Crippen molar-refractivity contribution in [3.05, 3.63) is 33.7 Å². The van der Waals surface area contributed by atoms with E-state index in [2.05, 4.69) is 19.6 Å². The Morgan fingerprint density at radius 1 is 1.39 bits per heavy atom. The summed E-state index contributed by atoms with van der Waals surface area (Å²) in [6, 6.07) is -1.13. The Hall–Kier alpha value is -2.09. The Morgan fingerprint density at radius 3 is 2.61 bits per heavy atom. The molecule has 0 fully saturated rings. The number of aliphatic hydroxyl groups is 1. The van der Waals surface area contributed by atoms with Gasteiger partial charge in [-0.25, -0.2) is 24.1 Å². The van der Waals surface area contributed by atoms with Crippen molar-refractivity contribution >= 4 is 33.0 Å². The summed E-state index contributed by atoms with van der Waals surface area (Å²) in [7, 11) is -3.72. The number of nitrogens with two attached hydrogens (primary N) is 1. The van der Waals surface area contributed by atoms with Crippen LogP contribution in [0.2, 0.25) is 0 Å². The molecule has 1 atom stereocenters. The van der Waals surface area contributed by atoms with E-state index >= 15 is 0 Å². The largest absolute Gasteiger partial charge is 0.433 e. The highest BCUT2D eigenvalue weighted by atomic mass is 32.2. The predicted molar refractivity (Wildman–Crippen MR) is 110 cm³/mol. The maximum absolute atomic E-state index is 13.5. The summed E-state index contributed by atoms with van der Waals surface area (Å²) < 4.78 is 56.8. The summed E-state index contributed by atoms with van der Waals surface area (Å²) in [5.41, 5.74) is -1.69. The van der Waals surface area contributed by atoms with E-state index in [0.717, 1.165) is 17.5 Å². The number of alkyl halides is 3. The zero-order valence-corrected chi connectivity index (χ0v) is 18.7. The Bertz CT molecular complexity index is 1150. The molecule has 13 heteroatoms. The number of aryl methyl sites for hydroxylation is 1. The molecule has 2 aromatic heterocycles. The van der Waals surface area contributed by atoms with Gasteiger partial charge >= 0.3 is 12.2 Å². The van der Waals surface area contributed by atoms with Crippen molar-refractivity contribution in [3.63, 3.8) is 0 Å². The monoisotopic (exact) mass is 477 g/mol. The standard InChI is InChI=1S/C18H22F3N5O3S2/c1-4-9-13(10-6-5-7-11(10)24-14(9)18(19,20)21)25-16(27)26-31(22,29)12-8-23-15(30-12)17(2,3)28/h8,28H,4-7H2,1-3H3,(H3,22,24,25,26,27,29)/t31-/m0/s1. The third-order valence-electron chi connectivity index (χ3n) is 4.69. The van der Waals surface area contributed by atoms with Crippen LogP contribution >= 0.6 is 11.3 Å². The van der Waals surface area contributed by atoms with Crippen LogP contribution in [-0.4, -0.2) is 25.3 Å². The Labute approximate surface area is 181 Å². The molecule has 0 radical (unpaired) electrons. The number of hydrogen-bond donors (Lipinski definition) is 3. The zero-order valence-electron chi connectivity index (χ0n) is 17.0. The summed E-state index contributed by atoms with van der Waals surface area (Å²) in [6.45, 7) is 4.49. The van der Waals surface area contributed by atoms with Gasteiger partial charge in [0.25, 0.3) is 0 Å². The Balaban J connectivity index is 2.01. The van der Waals surface area contributed by atoms with Crippen LogP contribution in [0.5, 0.6) is 0 Å². The van der Waals surface area contributed by atoms with E-state index in [4.69, 9.17) is 5.14 Å². The molecule has 4 N–H and O–H groups in total. The first-order chi connectivity index (χ1) is 14.2. The van der Waals surface area contributed by atoms with Gasteiger partial charge in [0, 0.05) is 11.3 Å². The summed E-state index contributed by atoms with van der Waals surface area (Å²) in [5.74, 6) is 0. The first-order valence-electron chi connectivity index (χ1n) is 9.40. The van der Waals surface area contributed by atoms with Crippen LogP contribution in [-0.2, 0) is 41.0 Å². The Kier molecular flexibility index (Phi) is 6.17. The second kappa shape index (κ2) is 8.11. The number of rotatable bonds is 4. The molecule has 2 heterocycles. The van der Waals surface area contributed by atoms with Crippen LogP contribution in [0, 0.1) is 0 Å². The molecule has 170 valence electrons. The molecule has 31 heavy (non-hydrogen) atoms. The van der Waals surface area contributed by atoms with Gasteiger partial charge in [-0.1, -0.05) is 6.92 Å². The summed E-state index contributed by atoms with van der Waals surface area (Å²) in [5, 5.41) is 18.3. The molecule has 0 saturated carbocycles. The molecular weight excluding hydrogens is 455 g/mol. The maximum Gasteiger partial charge on any atom is 0.433 e. The number of thiazole rings is 1. The van der Waals surface area contributed by atoms with Gasteiger partial charge in [-0.15, -0.1) is 15.7 Å². The number of amides is 2. The van der Waals surface area contributed by atoms with E-state index in [9.17, 15) is 27.3 Å². The number of hydrogen-bond acceptors (Lipinski definition) is 6. The van der Waals surface area contributed by atoms with Crippen molar-refractivity contribution in [2.45, 2.75) is 62.4 Å². The summed E-state index contributed by atoms with van der Waals surface area (Å²) in [6.07, 6.45) is -2.10. The van der Waals surface area contributed by atoms with Gasteiger partial charge in [0.05, 0.1) is 11.9 Å². The van der Waals surface area contributed by atoms with Crippen molar-refractivity contribution in [2.75, 3.05) is 5.32 Å². The first kappa shape index (κ1) is 23.6. The van der Waals surface area contributed by atoms with Crippen molar-refractivity contribution in [2.24, 2.45) is 9.50 Å². The maximum atomic E-state index is 13.5. The van der Waals surface area contributed by atoms with Crippen molar-refractivity contribution in [1.29, 1.82) is 0 Å². The molecule has 0 saturated heterocycles. The van der Waals surface area contributed by atoms with Gasteiger partial charge in [0.1, 0.15) is 20.5 Å². The highest BCUT2D eigenvalue weighted by molar-refractivity contribution is 7.93. The second-order valence-electron chi connectivity index (χ2n) is 7.58. The van der Waals surface area contributed by atoms with Crippen molar-refractivity contribution < 1.29 is 27.3 Å². The average Bonchev–Trinajstić information content (AvgIpc) is 3.29. The predicted octanol–water partition coefficient (Wildman–Crippen LogP) is 3.77. The minimum Gasteiger partial charge on any atom is -0.383 e. The quantitative estimate of drug-likeness (QED) is 0.617. The van der Waals surface area contributed by atoms with Crippen molar-refractivity contribution in [1.82, 2.24) is 9.97 Å². The molecule has 8 nitrogen and oxygen atoms in total. The van der Waals surface area contributed by atoms with Crippen LogP contribution in [0.15, 0.2) is 14.8 Å². The smallest absolute Gasteiger partial charge is 0.383 e. The van der Waals surface area contributed by atoms with Crippen LogP contribution in [0.3, 0.4) is 0 Å². The molecule has 1 aliphatic carbocycles. The number of fused-ring (bicyclic) bond motifs is 1. The second-order valence-corrected chi connectivity index (χ2v) is 10.6. The van der Waals surface area contributed by atoms with Gasteiger partial charge in [-0.3, -0.25) is 0 Å². The SMILES string of the molecule is CCc1c(C(F)(F)F)nc2c(c1NC(=O)N=[S@](N)(=O)c1cnc(C(C)(C)O)s1)CCC2. The summed E-state index contributed by atoms with van der Waals surface area (Å²) in [4.78, 5) is 20.3. The van der Waals surface area contributed by atoms with Gasteiger partial charge in [0.15, 0.2) is 9.92 Å². The summed E-state index contributed by atoms with van der Waals surface area (Å²) >= 11 is 0.835. The molecule has 2 amide bonds. The average molecular weight is 478 g/mol. The first-order valence-corrected chi connectivity index (χ1v) is 11.8. The number of nitrogens with one attached hydrogen (secondary N) is 1. The topological polar surface area (TPSA) is 131 Å². The van der Waals surface area contributed by atoms with E-state index in [0.29, 0.717) is 24.8 Å². The highest BCUT2D eigenvalue weighted by Gasteiger charge is 2.38. The van der Waals surface area contributed by atoms with Gasteiger partial charge < -0.3 is 10.4 Å². The van der Waals surface area contributed by atoms with E-state index in [1.54, 1.807) is 0 Å². The van der Waals surface area contributed by atoms with E-state index in [1.807, 2.05) is 0 Å². The van der Waals surface area contributed by atoms with Gasteiger partial charge in [-0.05, 0) is 45.1 Å². The number of anilines is 1. The van der Waals surface area contributed by atoms with Crippen LogP contribution in [0.4, 0.5) is 23.7 Å². The lowest BCUT2D eigenvalue weighted by atomic mass is 10.0. The number of carbonyl (C=O) groups is 1. The molecule has 0 unspecified atom stereocenters. The highest BCUT2D eigenvalue weighted by Crippen LogP contribution is 2.39. The molecular formula is C18H22F3N5O3S2. The number of nitrogens with zero attached hydrogens (tertiary/aromatic N) is 3. The van der Waals surface area contributed by atoms with Crippen molar-refractivity contribution in [3.8, 4) is 0 Å². The normalized spacial score (nSPS) is 16.0. The zero-order chi connectivity index (χ0) is 23.2. The number of halogens is 3. The number of pyridine rings is 1. The lowest BCUT2D eigenvalue weighted by molar-refractivity contribution is -0.141. The van der Waals surface area contributed by atoms with Gasteiger partial charge in [0.2, 0.25) is 0 Å². The Morgan fingerprint density at radius 2 is 2.06 bits per heavy atom. The lowest BCUT2D eigenvalue weighted by Crippen LogP contribution is -2.21. The number of aromatic nitrogens is 2.